The Bertz CT molecular complexity index is 471. The topological polar surface area (TPSA) is 41.1 Å². The fourth-order valence-corrected chi connectivity index (χ4v) is 3.11. The fourth-order valence-electron chi connectivity index (χ4n) is 3.11. The number of carbonyl (C=O) groups is 1. The maximum Gasteiger partial charge on any atom is 0.224 e. The van der Waals surface area contributed by atoms with Gasteiger partial charge in [0.25, 0.3) is 0 Å². The molecule has 2 N–H and O–H groups in total. The average Bonchev–Trinajstić information content (AvgIpc) is 3.21. The van der Waals surface area contributed by atoms with E-state index in [1.807, 2.05) is 0 Å². The summed E-state index contributed by atoms with van der Waals surface area (Å²) in [6, 6.07) is 8.76. The molecule has 2 fully saturated rings. The first kappa shape index (κ1) is 15.3. The Morgan fingerprint density at radius 2 is 2.15 bits per heavy atom. The van der Waals surface area contributed by atoms with E-state index < -0.39 is 0 Å². The summed E-state index contributed by atoms with van der Waals surface area (Å²) in [7, 11) is 0. The fraction of sp³-hybridized carbons (Fsp3) is 0.562. The van der Waals surface area contributed by atoms with Crippen molar-refractivity contribution in [3.8, 4) is 0 Å². The standard InChI is InChI=1S/C16H22N2O.ClH/c1-11-5-2-3-7-13(11)14-9-15(14)16(19)18-12-6-4-8-17-10-12;/h2-3,5,7,12,14-15,17H,4,6,8-10H2,1H3,(H,18,19);1H/t12-,14?,15?;/m0./s1. The van der Waals surface area contributed by atoms with Gasteiger partial charge in [-0.25, -0.2) is 0 Å². The zero-order chi connectivity index (χ0) is 13.2. The Morgan fingerprint density at radius 3 is 2.85 bits per heavy atom. The number of aryl methyl sites for hydroxylation is 1. The van der Waals surface area contributed by atoms with Crippen LogP contribution in [-0.2, 0) is 4.79 Å². The van der Waals surface area contributed by atoms with E-state index in [0.717, 1.165) is 32.4 Å². The molecule has 110 valence electrons. The highest BCUT2D eigenvalue weighted by Gasteiger charge is 2.44. The third-order valence-corrected chi connectivity index (χ3v) is 4.36. The van der Waals surface area contributed by atoms with Crippen LogP contribution >= 0.6 is 12.4 Å². The van der Waals surface area contributed by atoms with Crippen LogP contribution in [0.1, 0.15) is 36.3 Å². The molecule has 1 heterocycles. The molecule has 1 aliphatic carbocycles. The number of carbonyl (C=O) groups excluding carboxylic acids is 1. The lowest BCUT2D eigenvalue weighted by atomic mass is 10.0. The van der Waals surface area contributed by atoms with Crippen molar-refractivity contribution in [1.29, 1.82) is 0 Å². The van der Waals surface area contributed by atoms with Crippen LogP contribution in [0.5, 0.6) is 0 Å². The average molecular weight is 295 g/mol. The second kappa shape index (κ2) is 6.59. The summed E-state index contributed by atoms with van der Waals surface area (Å²) in [6.07, 6.45) is 3.29. The highest BCUT2D eigenvalue weighted by Crippen LogP contribution is 2.48. The number of amides is 1. The quantitative estimate of drug-likeness (QED) is 0.899. The number of piperidine rings is 1. The molecule has 2 unspecified atom stereocenters. The van der Waals surface area contributed by atoms with Crippen molar-refractivity contribution in [2.75, 3.05) is 13.1 Å². The Kier molecular flexibility index (Phi) is 5.06. The number of nitrogens with one attached hydrogen (secondary N) is 2. The predicted molar refractivity (Wildman–Crippen MR) is 83.3 cm³/mol. The van der Waals surface area contributed by atoms with Gasteiger partial charge in [-0.1, -0.05) is 24.3 Å². The maximum atomic E-state index is 12.2. The molecule has 0 bridgehead atoms. The summed E-state index contributed by atoms with van der Waals surface area (Å²) in [6.45, 7) is 4.14. The van der Waals surface area contributed by atoms with Gasteiger partial charge in [0, 0.05) is 18.5 Å². The van der Waals surface area contributed by atoms with Gasteiger partial charge < -0.3 is 10.6 Å². The molecule has 1 aromatic rings. The molecule has 1 aliphatic heterocycles. The lowest BCUT2D eigenvalue weighted by molar-refractivity contribution is -0.123. The first-order chi connectivity index (χ1) is 9.25. The van der Waals surface area contributed by atoms with E-state index in [4.69, 9.17) is 0 Å². The van der Waals surface area contributed by atoms with Crippen LogP contribution in [-0.4, -0.2) is 25.0 Å². The summed E-state index contributed by atoms with van der Waals surface area (Å²) in [5, 5.41) is 6.54. The Labute approximate surface area is 126 Å². The molecule has 20 heavy (non-hydrogen) atoms. The van der Waals surface area contributed by atoms with Crippen molar-refractivity contribution >= 4 is 18.3 Å². The van der Waals surface area contributed by atoms with Crippen LogP contribution in [0.4, 0.5) is 0 Å². The van der Waals surface area contributed by atoms with Gasteiger partial charge in [0.05, 0.1) is 0 Å². The second-order valence-electron chi connectivity index (χ2n) is 5.86. The van der Waals surface area contributed by atoms with Gasteiger partial charge in [-0.2, -0.15) is 0 Å². The number of benzene rings is 1. The summed E-state index contributed by atoms with van der Waals surface area (Å²) >= 11 is 0. The first-order valence-electron chi connectivity index (χ1n) is 7.32. The molecule has 0 radical (unpaired) electrons. The van der Waals surface area contributed by atoms with Gasteiger partial charge >= 0.3 is 0 Å². The lowest BCUT2D eigenvalue weighted by Gasteiger charge is -2.23. The summed E-state index contributed by atoms with van der Waals surface area (Å²) in [5.74, 6) is 0.891. The zero-order valence-corrected chi connectivity index (χ0v) is 12.7. The molecule has 1 amide bonds. The molecule has 2 aliphatic rings. The van der Waals surface area contributed by atoms with Crippen molar-refractivity contribution in [3.05, 3.63) is 35.4 Å². The zero-order valence-electron chi connectivity index (χ0n) is 11.9. The third-order valence-electron chi connectivity index (χ3n) is 4.36. The number of hydrogen-bond acceptors (Lipinski definition) is 2. The monoisotopic (exact) mass is 294 g/mol. The molecule has 1 aromatic carbocycles. The van der Waals surface area contributed by atoms with E-state index in [9.17, 15) is 4.79 Å². The summed E-state index contributed by atoms with van der Waals surface area (Å²) in [4.78, 5) is 12.2. The van der Waals surface area contributed by atoms with E-state index >= 15 is 0 Å². The largest absolute Gasteiger partial charge is 0.352 e. The molecular formula is C16H23ClN2O. The molecule has 0 spiro atoms. The smallest absolute Gasteiger partial charge is 0.224 e. The van der Waals surface area contributed by atoms with Gasteiger partial charge in [0.1, 0.15) is 0 Å². The highest BCUT2D eigenvalue weighted by atomic mass is 35.5. The first-order valence-corrected chi connectivity index (χ1v) is 7.32. The van der Waals surface area contributed by atoms with Gasteiger partial charge in [-0.3, -0.25) is 4.79 Å². The molecule has 1 saturated carbocycles. The van der Waals surface area contributed by atoms with E-state index in [2.05, 4.69) is 41.8 Å². The van der Waals surface area contributed by atoms with E-state index in [0.29, 0.717) is 12.0 Å². The van der Waals surface area contributed by atoms with Crippen LogP contribution in [0, 0.1) is 12.8 Å². The van der Waals surface area contributed by atoms with Crippen LogP contribution < -0.4 is 10.6 Å². The normalized spacial score (nSPS) is 28.4. The molecule has 3 rings (SSSR count). The van der Waals surface area contributed by atoms with Crippen LogP contribution in [0.25, 0.3) is 0 Å². The molecule has 1 saturated heterocycles. The lowest BCUT2D eigenvalue weighted by Crippen LogP contribution is -2.46. The van der Waals surface area contributed by atoms with Gasteiger partial charge in [-0.05, 0) is 49.8 Å². The van der Waals surface area contributed by atoms with E-state index in [1.165, 1.54) is 11.1 Å². The summed E-state index contributed by atoms with van der Waals surface area (Å²) in [5.41, 5.74) is 2.66. The van der Waals surface area contributed by atoms with Gasteiger partial charge in [-0.15, -0.1) is 12.4 Å². The van der Waals surface area contributed by atoms with E-state index in [1.54, 1.807) is 0 Å². The Morgan fingerprint density at radius 1 is 1.35 bits per heavy atom. The highest BCUT2D eigenvalue weighted by molar-refractivity contribution is 5.85. The van der Waals surface area contributed by atoms with Crippen molar-refractivity contribution in [3.63, 3.8) is 0 Å². The van der Waals surface area contributed by atoms with Crippen LogP contribution in [0.2, 0.25) is 0 Å². The van der Waals surface area contributed by atoms with Gasteiger partial charge in [0.15, 0.2) is 0 Å². The van der Waals surface area contributed by atoms with Crippen LogP contribution in [0.15, 0.2) is 24.3 Å². The predicted octanol–water partition coefficient (Wildman–Crippen LogP) is 2.39. The third kappa shape index (κ3) is 3.33. The second-order valence-corrected chi connectivity index (χ2v) is 5.86. The molecule has 0 aromatic heterocycles. The maximum absolute atomic E-state index is 12.2. The van der Waals surface area contributed by atoms with Crippen molar-refractivity contribution < 1.29 is 4.79 Å². The van der Waals surface area contributed by atoms with Crippen molar-refractivity contribution in [2.24, 2.45) is 5.92 Å². The minimum atomic E-state index is 0. The number of halogens is 1. The van der Waals surface area contributed by atoms with E-state index in [-0.39, 0.29) is 24.2 Å². The van der Waals surface area contributed by atoms with Gasteiger partial charge in [0.2, 0.25) is 5.91 Å². The molecule has 3 nitrogen and oxygen atoms in total. The van der Waals surface area contributed by atoms with Crippen molar-refractivity contribution in [1.82, 2.24) is 10.6 Å². The number of hydrogen-bond donors (Lipinski definition) is 2. The number of rotatable bonds is 3. The van der Waals surface area contributed by atoms with Crippen molar-refractivity contribution in [2.45, 2.75) is 38.1 Å². The minimum absolute atomic E-state index is 0. The summed E-state index contributed by atoms with van der Waals surface area (Å²) < 4.78 is 0. The minimum Gasteiger partial charge on any atom is -0.352 e. The SMILES string of the molecule is Cc1ccccc1C1CC1C(=O)N[C@H]1CCCNC1.Cl. The molecule has 3 atom stereocenters. The van der Waals surface area contributed by atoms with Crippen LogP contribution in [0.3, 0.4) is 0 Å². The Hall–Kier alpha value is -1.06. The molecule has 4 heteroatoms. The molecular weight excluding hydrogens is 272 g/mol. The Balaban J connectivity index is 0.00000147.